The number of hydrogen-bond acceptors (Lipinski definition) is 2. The minimum absolute atomic E-state index is 0.0603. The van der Waals surface area contributed by atoms with E-state index in [9.17, 15) is 4.79 Å². The number of urea groups is 1. The van der Waals surface area contributed by atoms with Crippen LogP contribution in [0.1, 0.15) is 19.8 Å². The highest BCUT2D eigenvalue weighted by molar-refractivity contribution is 5.74. The van der Waals surface area contributed by atoms with Crippen molar-refractivity contribution in [3.8, 4) is 0 Å². The van der Waals surface area contributed by atoms with E-state index in [1.807, 2.05) is 22.6 Å². The Bertz CT molecular complexity index is 330. The average Bonchev–Trinajstić information content (AvgIpc) is 2.88. The van der Waals surface area contributed by atoms with Crippen LogP contribution in [0.3, 0.4) is 0 Å². The van der Waals surface area contributed by atoms with Gasteiger partial charge in [0.05, 0.1) is 6.33 Å². The zero-order valence-electron chi connectivity index (χ0n) is 9.59. The number of imidazole rings is 1. The fourth-order valence-corrected chi connectivity index (χ4v) is 1.98. The standard InChI is InChI=1S/C11H18N4O/c1-10(8-14-7-4-12-9-14)13-11(16)15-5-2-3-6-15/h4,7,9-10H,2-3,5-6,8H2,1H3,(H,13,16)/t10-/m0/s1. The average molecular weight is 222 g/mol. The summed E-state index contributed by atoms with van der Waals surface area (Å²) < 4.78 is 1.97. The van der Waals surface area contributed by atoms with E-state index in [1.165, 1.54) is 0 Å². The van der Waals surface area contributed by atoms with Gasteiger partial charge >= 0.3 is 6.03 Å². The van der Waals surface area contributed by atoms with Crippen LogP contribution < -0.4 is 5.32 Å². The fraction of sp³-hybridized carbons (Fsp3) is 0.636. The summed E-state index contributed by atoms with van der Waals surface area (Å²) in [5.41, 5.74) is 0. The maximum absolute atomic E-state index is 11.8. The highest BCUT2D eigenvalue weighted by Gasteiger charge is 2.18. The van der Waals surface area contributed by atoms with Gasteiger partial charge in [-0.1, -0.05) is 0 Å². The van der Waals surface area contributed by atoms with Crippen LogP contribution in [0.2, 0.25) is 0 Å². The van der Waals surface area contributed by atoms with Crippen LogP contribution >= 0.6 is 0 Å². The molecule has 0 radical (unpaired) electrons. The fourth-order valence-electron chi connectivity index (χ4n) is 1.98. The first-order chi connectivity index (χ1) is 7.75. The van der Waals surface area contributed by atoms with Crippen LogP contribution in [0.15, 0.2) is 18.7 Å². The number of carbonyl (C=O) groups is 1. The van der Waals surface area contributed by atoms with Crippen molar-refractivity contribution in [2.24, 2.45) is 0 Å². The summed E-state index contributed by atoms with van der Waals surface area (Å²) in [4.78, 5) is 17.6. The summed E-state index contributed by atoms with van der Waals surface area (Å²) in [7, 11) is 0. The first-order valence-electron chi connectivity index (χ1n) is 5.77. The molecular weight excluding hydrogens is 204 g/mol. The Kier molecular flexibility index (Phi) is 3.44. The summed E-state index contributed by atoms with van der Waals surface area (Å²) in [6.07, 6.45) is 7.67. The molecule has 0 spiro atoms. The molecule has 5 heteroatoms. The van der Waals surface area contributed by atoms with E-state index < -0.39 is 0 Å². The zero-order chi connectivity index (χ0) is 11.4. The van der Waals surface area contributed by atoms with Crippen molar-refractivity contribution in [1.82, 2.24) is 19.8 Å². The summed E-state index contributed by atoms with van der Waals surface area (Å²) in [5.74, 6) is 0. The third-order valence-electron chi connectivity index (χ3n) is 2.81. The molecule has 0 bridgehead atoms. The van der Waals surface area contributed by atoms with E-state index in [1.54, 1.807) is 12.5 Å². The topological polar surface area (TPSA) is 50.2 Å². The lowest BCUT2D eigenvalue weighted by molar-refractivity contribution is 0.204. The van der Waals surface area contributed by atoms with Crippen LogP contribution in [0.5, 0.6) is 0 Å². The molecule has 1 N–H and O–H groups in total. The van der Waals surface area contributed by atoms with E-state index in [2.05, 4.69) is 10.3 Å². The molecule has 1 aromatic heterocycles. The van der Waals surface area contributed by atoms with E-state index >= 15 is 0 Å². The van der Waals surface area contributed by atoms with Gasteiger partial charge in [-0.05, 0) is 19.8 Å². The molecule has 1 atom stereocenters. The van der Waals surface area contributed by atoms with E-state index in [0.717, 1.165) is 32.5 Å². The molecule has 1 aliphatic rings. The van der Waals surface area contributed by atoms with Gasteiger partial charge in [-0.25, -0.2) is 9.78 Å². The number of nitrogens with zero attached hydrogens (tertiary/aromatic N) is 3. The lowest BCUT2D eigenvalue weighted by atomic mass is 10.3. The first-order valence-corrected chi connectivity index (χ1v) is 5.77. The molecule has 1 aliphatic heterocycles. The number of rotatable bonds is 3. The maximum atomic E-state index is 11.8. The highest BCUT2D eigenvalue weighted by atomic mass is 16.2. The summed E-state index contributed by atoms with van der Waals surface area (Å²) in [5, 5.41) is 3.00. The Morgan fingerprint density at radius 2 is 2.25 bits per heavy atom. The van der Waals surface area contributed by atoms with Gasteiger partial charge in [0, 0.05) is 38.1 Å². The lowest BCUT2D eigenvalue weighted by Gasteiger charge is -2.20. The van der Waals surface area contributed by atoms with E-state index in [-0.39, 0.29) is 12.1 Å². The number of nitrogens with one attached hydrogen (secondary N) is 1. The van der Waals surface area contributed by atoms with Crippen molar-refractivity contribution in [2.45, 2.75) is 32.4 Å². The number of aromatic nitrogens is 2. The SMILES string of the molecule is C[C@@H](Cn1ccnc1)NC(=O)N1CCCC1. The Balaban J connectivity index is 1.78. The normalized spacial score (nSPS) is 17.4. The highest BCUT2D eigenvalue weighted by Crippen LogP contribution is 2.07. The van der Waals surface area contributed by atoms with Crippen molar-refractivity contribution in [3.05, 3.63) is 18.7 Å². The minimum atomic E-state index is 0.0603. The van der Waals surface area contributed by atoms with E-state index in [4.69, 9.17) is 0 Å². The number of carbonyl (C=O) groups excluding carboxylic acids is 1. The van der Waals surface area contributed by atoms with Gasteiger partial charge in [0.25, 0.3) is 0 Å². The number of likely N-dealkylation sites (tertiary alicyclic amines) is 1. The lowest BCUT2D eigenvalue weighted by Crippen LogP contribution is -2.43. The van der Waals surface area contributed by atoms with Gasteiger partial charge in [0.15, 0.2) is 0 Å². The molecule has 16 heavy (non-hydrogen) atoms. The molecule has 0 aromatic carbocycles. The van der Waals surface area contributed by atoms with Crippen molar-refractivity contribution in [2.75, 3.05) is 13.1 Å². The van der Waals surface area contributed by atoms with Crippen LogP contribution in [0.25, 0.3) is 0 Å². The molecule has 2 rings (SSSR count). The smallest absolute Gasteiger partial charge is 0.317 e. The maximum Gasteiger partial charge on any atom is 0.317 e. The van der Waals surface area contributed by atoms with Crippen LogP contribution in [-0.4, -0.2) is 39.6 Å². The number of hydrogen-bond donors (Lipinski definition) is 1. The van der Waals surface area contributed by atoms with Crippen molar-refractivity contribution in [1.29, 1.82) is 0 Å². The summed E-state index contributed by atoms with van der Waals surface area (Å²) >= 11 is 0. The third-order valence-corrected chi connectivity index (χ3v) is 2.81. The Hall–Kier alpha value is -1.52. The van der Waals surface area contributed by atoms with Gasteiger partial charge < -0.3 is 14.8 Å². The predicted octanol–water partition coefficient (Wildman–Crippen LogP) is 1.08. The molecule has 0 unspecified atom stereocenters. The molecule has 2 amide bonds. The summed E-state index contributed by atoms with van der Waals surface area (Å²) in [6, 6.07) is 0.187. The van der Waals surface area contributed by atoms with Gasteiger partial charge in [0.1, 0.15) is 0 Å². The van der Waals surface area contributed by atoms with E-state index in [0.29, 0.717) is 0 Å². The second-order valence-corrected chi connectivity index (χ2v) is 4.30. The molecule has 1 fully saturated rings. The second-order valence-electron chi connectivity index (χ2n) is 4.30. The Labute approximate surface area is 95.5 Å². The van der Waals surface area contributed by atoms with Crippen molar-refractivity contribution < 1.29 is 4.79 Å². The van der Waals surface area contributed by atoms with Gasteiger partial charge in [-0.2, -0.15) is 0 Å². The number of amides is 2. The summed E-state index contributed by atoms with van der Waals surface area (Å²) in [6.45, 7) is 4.56. The van der Waals surface area contributed by atoms with Crippen LogP contribution in [0, 0.1) is 0 Å². The molecule has 1 saturated heterocycles. The van der Waals surface area contributed by atoms with Gasteiger partial charge in [-0.3, -0.25) is 0 Å². The van der Waals surface area contributed by atoms with Crippen LogP contribution in [0.4, 0.5) is 4.79 Å². The monoisotopic (exact) mass is 222 g/mol. The predicted molar refractivity (Wildman–Crippen MR) is 61.0 cm³/mol. The first kappa shape index (κ1) is 11.0. The van der Waals surface area contributed by atoms with Crippen molar-refractivity contribution in [3.63, 3.8) is 0 Å². The largest absolute Gasteiger partial charge is 0.335 e. The van der Waals surface area contributed by atoms with Gasteiger partial charge in [0.2, 0.25) is 0 Å². The molecule has 88 valence electrons. The molecule has 2 heterocycles. The molecular formula is C11H18N4O. The second kappa shape index (κ2) is 5.01. The molecule has 5 nitrogen and oxygen atoms in total. The third kappa shape index (κ3) is 2.74. The zero-order valence-corrected chi connectivity index (χ0v) is 9.59. The van der Waals surface area contributed by atoms with Crippen LogP contribution in [-0.2, 0) is 6.54 Å². The molecule has 0 aliphatic carbocycles. The molecule has 0 saturated carbocycles. The quantitative estimate of drug-likeness (QED) is 0.832. The van der Waals surface area contributed by atoms with Gasteiger partial charge in [-0.15, -0.1) is 0 Å². The molecule has 1 aromatic rings. The van der Waals surface area contributed by atoms with Crippen molar-refractivity contribution >= 4 is 6.03 Å². The Morgan fingerprint density at radius 1 is 1.50 bits per heavy atom. The minimum Gasteiger partial charge on any atom is -0.335 e. The Morgan fingerprint density at radius 3 is 2.88 bits per heavy atom.